The van der Waals surface area contributed by atoms with Crippen molar-refractivity contribution >= 4 is 17.8 Å². The van der Waals surface area contributed by atoms with Crippen LogP contribution in [0.3, 0.4) is 0 Å². The van der Waals surface area contributed by atoms with Crippen LogP contribution in [0.15, 0.2) is 47.7 Å². The van der Waals surface area contributed by atoms with Crippen LogP contribution >= 0.6 is 0 Å². The number of carbonyl (C=O) groups excluding carboxylic acids is 1. The van der Waals surface area contributed by atoms with Crippen molar-refractivity contribution in [2.24, 2.45) is 5.10 Å². The molecule has 0 spiro atoms. The van der Waals surface area contributed by atoms with Crippen LogP contribution in [0.1, 0.15) is 11.3 Å². The summed E-state index contributed by atoms with van der Waals surface area (Å²) in [6.45, 7) is -0.191. The molecular formula is C14H13F3N4O. The molecule has 0 saturated carbocycles. The van der Waals surface area contributed by atoms with Crippen molar-refractivity contribution in [3.05, 3.63) is 53.9 Å². The molecule has 5 nitrogen and oxygen atoms in total. The maximum absolute atomic E-state index is 12.5. The van der Waals surface area contributed by atoms with Crippen molar-refractivity contribution in [2.75, 3.05) is 11.9 Å². The van der Waals surface area contributed by atoms with E-state index in [0.29, 0.717) is 5.69 Å². The van der Waals surface area contributed by atoms with Crippen LogP contribution in [-0.4, -0.2) is 23.7 Å². The number of rotatable bonds is 5. The van der Waals surface area contributed by atoms with Crippen LogP contribution in [0.4, 0.5) is 18.9 Å². The molecule has 3 N–H and O–H groups in total. The summed E-state index contributed by atoms with van der Waals surface area (Å²) >= 11 is 0. The molecule has 1 heterocycles. The zero-order chi connectivity index (χ0) is 16.0. The topological polar surface area (TPSA) is 69.3 Å². The van der Waals surface area contributed by atoms with Crippen molar-refractivity contribution in [1.82, 2.24) is 10.4 Å². The van der Waals surface area contributed by atoms with Crippen LogP contribution < -0.4 is 10.7 Å². The average Bonchev–Trinajstić information content (AvgIpc) is 2.98. The number of aromatic amines is 1. The minimum atomic E-state index is -4.42. The van der Waals surface area contributed by atoms with E-state index in [9.17, 15) is 18.0 Å². The van der Waals surface area contributed by atoms with Gasteiger partial charge in [-0.3, -0.25) is 4.79 Å². The molecule has 0 aliphatic heterocycles. The molecule has 1 amide bonds. The minimum Gasteiger partial charge on any atom is -0.376 e. The van der Waals surface area contributed by atoms with Gasteiger partial charge in [0.15, 0.2) is 0 Å². The SMILES string of the molecule is O=C(CNc1cccc(C(F)(F)F)c1)N/N=C\c1ccc[nH]1. The number of aromatic nitrogens is 1. The molecule has 0 saturated heterocycles. The molecule has 0 unspecified atom stereocenters. The maximum atomic E-state index is 12.5. The van der Waals surface area contributed by atoms with Gasteiger partial charge in [0.2, 0.25) is 0 Å². The lowest BCUT2D eigenvalue weighted by Gasteiger charge is -2.09. The van der Waals surface area contributed by atoms with Crippen LogP contribution in [0, 0.1) is 0 Å². The summed E-state index contributed by atoms with van der Waals surface area (Å²) in [7, 11) is 0. The summed E-state index contributed by atoms with van der Waals surface area (Å²) in [5.41, 5.74) is 2.41. The van der Waals surface area contributed by atoms with Crippen LogP contribution in [0.2, 0.25) is 0 Å². The van der Waals surface area contributed by atoms with Gasteiger partial charge in [-0.1, -0.05) is 6.07 Å². The van der Waals surface area contributed by atoms with E-state index in [0.717, 1.165) is 12.1 Å². The molecule has 2 rings (SSSR count). The third-order valence-electron chi connectivity index (χ3n) is 2.66. The van der Waals surface area contributed by atoms with Gasteiger partial charge in [0.05, 0.1) is 24.0 Å². The molecule has 0 fully saturated rings. The van der Waals surface area contributed by atoms with Crippen molar-refractivity contribution in [3.8, 4) is 0 Å². The predicted octanol–water partition coefficient (Wildman–Crippen LogP) is 2.60. The van der Waals surface area contributed by atoms with Crippen LogP contribution in [-0.2, 0) is 11.0 Å². The number of hydrogen-bond donors (Lipinski definition) is 3. The van der Waals surface area contributed by atoms with Gasteiger partial charge in [-0.15, -0.1) is 0 Å². The van der Waals surface area contributed by atoms with Gasteiger partial charge in [-0.2, -0.15) is 18.3 Å². The van der Waals surface area contributed by atoms with E-state index < -0.39 is 17.6 Å². The second-order valence-corrected chi connectivity index (χ2v) is 4.35. The molecule has 1 aromatic heterocycles. The molecule has 116 valence electrons. The molecule has 1 aromatic carbocycles. The van der Waals surface area contributed by atoms with E-state index in [1.54, 1.807) is 18.3 Å². The molecule has 2 aromatic rings. The molecule has 22 heavy (non-hydrogen) atoms. The number of carbonyl (C=O) groups is 1. The molecule has 0 aliphatic rings. The summed E-state index contributed by atoms with van der Waals surface area (Å²) in [6, 6.07) is 8.16. The Hall–Kier alpha value is -2.77. The second kappa shape index (κ2) is 6.79. The first kappa shape index (κ1) is 15.6. The van der Waals surface area contributed by atoms with Gasteiger partial charge in [0, 0.05) is 11.9 Å². The molecule has 0 radical (unpaired) electrons. The van der Waals surface area contributed by atoms with E-state index in [2.05, 4.69) is 20.8 Å². The second-order valence-electron chi connectivity index (χ2n) is 4.35. The Balaban J connectivity index is 1.83. The summed E-state index contributed by atoms with van der Waals surface area (Å²) < 4.78 is 37.6. The Labute approximate surface area is 124 Å². The van der Waals surface area contributed by atoms with E-state index in [1.165, 1.54) is 18.3 Å². The fraction of sp³-hybridized carbons (Fsp3) is 0.143. The monoisotopic (exact) mass is 310 g/mol. The summed E-state index contributed by atoms with van der Waals surface area (Å²) in [4.78, 5) is 14.4. The van der Waals surface area contributed by atoms with Crippen LogP contribution in [0.5, 0.6) is 0 Å². The Morgan fingerprint density at radius 3 is 2.77 bits per heavy atom. The van der Waals surface area contributed by atoms with Gasteiger partial charge in [-0.25, -0.2) is 5.43 Å². The maximum Gasteiger partial charge on any atom is 0.416 e. The Bertz CT molecular complexity index is 650. The molecule has 0 bridgehead atoms. The lowest BCUT2D eigenvalue weighted by atomic mass is 10.2. The van der Waals surface area contributed by atoms with Gasteiger partial charge in [0.25, 0.3) is 5.91 Å². The average molecular weight is 310 g/mol. The fourth-order valence-electron chi connectivity index (χ4n) is 1.63. The van der Waals surface area contributed by atoms with Gasteiger partial charge < -0.3 is 10.3 Å². The highest BCUT2D eigenvalue weighted by Gasteiger charge is 2.30. The predicted molar refractivity (Wildman–Crippen MR) is 76.5 cm³/mol. The third-order valence-corrected chi connectivity index (χ3v) is 2.66. The molecule has 0 aliphatic carbocycles. The third kappa shape index (κ3) is 4.65. The highest BCUT2D eigenvalue weighted by Crippen LogP contribution is 2.30. The van der Waals surface area contributed by atoms with Gasteiger partial charge >= 0.3 is 6.18 Å². The van der Waals surface area contributed by atoms with Crippen molar-refractivity contribution in [3.63, 3.8) is 0 Å². The minimum absolute atomic E-state index is 0.191. The first-order chi connectivity index (χ1) is 10.4. The first-order valence-corrected chi connectivity index (χ1v) is 6.31. The lowest BCUT2D eigenvalue weighted by Crippen LogP contribution is -2.26. The smallest absolute Gasteiger partial charge is 0.376 e. The standard InChI is InChI=1S/C14H13F3N4O/c15-14(16,17)10-3-1-4-11(7-10)19-9-13(22)21-20-8-12-5-2-6-18-12/h1-8,18-19H,9H2,(H,21,22)/b20-8-. The van der Waals surface area contributed by atoms with Gasteiger partial charge in [0.1, 0.15) is 0 Å². The van der Waals surface area contributed by atoms with Crippen molar-refractivity contribution in [2.45, 2.75) is 6.18 Å². The first-order valence-electron chi connectivity index (χ1n) is 6.31. The number of halogens is 3. The number of alkyl halides is 3. The normalized spacial score (nSPS) is 11.6. The molecule has 8 heteroatoms. The number of benzene rings is 1. The Morgan fingerprint density at radius 2 is 2.09 bits per heavy atom. The zero-order valence-corrected chi connectivity index (χ0v) is 11.3. The molecule has 0 atom stereocenters. The Kier molecular flexibility index (Phi) is 4.82. The highest BCUT2D eigenvalue weighted by atomic mass is 19.4. The number of anilines is 1. The van der Waals surface area contributed by atoms with E-state index >= 15 is 0 Å². The van der Waals surface area contributed by atoms with Crippen molar-refractivity contribution < 1.29 is 18.0 Å². The number of H-pyrrole nitrogens is 1. The summed E-state index contributed by atoms with van der Waals surface area (Å²) in [5.74, 6) is -0.472. The number of hydrazone groups is 1. The van der Waals surface area contributed by atoms with E-state index in [1.807, 2.05) is 0 Å². The highest BCUT2D eigenvalue weighted by molar-refractivity contribution is 5.83. The van der Waals surface area contributed by atoms with Crippen molar-refractivity contribution in [1.29, 1.82) is 0 Å². The summed E-state index contributed by atoms with van der Waals surface area (Å²) in [6.07, 6.45) is -1.29. The Morgan fingerprint density at radius 1 is 1.27 bits per heavy atom. The lowest BCUT2D eigenvalue weighted by molar-refractivity contribution is -0.137. The number of nitrogens with one attached hydrogen (secondary N) is 3. The molecular weight excluding hydrogens is 297 g/mol. The quantitative estimate of drug-likeness (QED) is 0.587. The zero-order valence-electron chi connectivity index (χ0n) is 11.3. The van der Waals surface area contributed by atoms with Crippen LogP contribution in [0.25, 0.3) is 0 Å². The number of hydrogen-bond acceptors (Lipinski definition) is 3. The van der Waals surface area contributed by atoms with E-state index in [4.69, 9.17) is 0 Å². The van der Waals surface area contributed by atoms with Gasteiger partial charge in [-0.05, 0) is 30.3 Å². The number of amides is 1. The summed E-state index contributed by atoms with van der Waals surface area (Å²) in [5, 5.41) is 6.31. The fourth-order valence-corrected chi connectivity index (χ4v) is 1.63. The van der Waals surface area contributed by atoms with E-state index in [-0.39, 0.29) is 12.2 Å². The number of nitrogens with zero attached hydrogens (tertiary/aromatic N) is 1. The largest absolute Gasteiger partial charge is 0.416 e.